The fourth-order valence-corrected chi connectivity index (χ4v) is 4.49. The van der Waals surface area contributed by atoms with Gasteiger partial charge in [0, 0.05) is 5.92 Å². The Bertz CT molecular complexity index is 1200. The van der Waals surface area contributed by atoms with Gasteiger partial charge in [-0.15, -0.1) is 10.2 Å². The van der Waals surface area contributed by atoms with Gasteiger partial charge in [0.2, 0.25) is 21.8 Å². The lowest BCUT2D eigenvalue weighted by Gasteiger charge is -2.09. The second-order valence-electron chi connectivity index (χ2n) is 7.88. The number of hydrogen-bond acceptors (Lipinski definition) is 5. The molecular formula is C20H18F3N3O3S. The minimum Gasteiger partial charge on any atom is -0.420 e. The van der Waals surface area contributed by atoms with Gasteiger partial charge < -0.3 is 4.42 Å². The first-order chi connectivity index (χ1) is 13.9. The molecule has 1 aliphatic carbocycles. The van der Waals surface area contributed by atoms with Crippen LogP contribution in [0, 0.1) is 5.41 Å². The summed E-state index contributed by atoms with van der Waals surface area (Å²) >= 11 is 0. The minimum absolute atomic E-state index is 0.00471. The molecule has 10 heteroatoms. The Balaban J connectivity index is 1.65. The van der Waals surface area contributed by atoms with Gasteiger partial charge in [0.05, 0.1) is 21.9 Å². The van der Waals surface area contributed by atoms with Crippen LogP contribution in [0.2, 0.25) is 0 Å². The monoisotopic (exact) mass is 437 g/mol. The quantitative estimate of drug-likeness (QED) is 0.656. The van der Waals surface area contributed by atoms with Crippen LogP contribution >= 0.6 is 0 Å². The number of benzene rings is 2. The van der Waals surface area contributed by atoms with Gasteiger partial charge in [-0.05, 0) is 35.2 Å². The third-order valence-corrected chi connectivity index (χ3v) is 6.49. The van der Waals surface area contributed by atoms with Gasteiger partial charge in [0.15, 0.2) is 0 Å². The molecule has 1 aliphatic rings. The van der Waals surface area contributed by atoms with Crippen molar-refractivity contribution < 1.29 is 26.0 Å². The molecule has 0 amide bonds. The van der Waals surface area contributed by atoms with E-state index < -0.39 is 21.8 Å². The van der Waals surface area contributed by atoms with E-state index in [1.807, 2.05) is 13.8 Å². The zero-order chi connectivity index (χ0) is 21.9. The third kappa shape index (κ3) is 3.50. The number of sulfonamides is 1. The summed E-state index contributed by atoms with van der Waals surface area (Å²) in [7, 11) is -3.80. The molecule has 1 fully saturated rings. The van der Waals surface area contributed by atoms with Crippen molar-refractivity contribution in [1.29, 1.82) is 0 Å². The second-order valence-corrected chi connectivity index (χ2v) is 9.44. The fourth-order valence-electron chi connectivity index (χ4n) is 3.97. The van der Waals surface area contributed by atoms with Crippen LogP contribution in [0.3, 0.4) is 0 Å². The molecule has 1 saturated carbocycles. The zero-order valence-corrected chi connectivity index (χ0v) is 16.8. The summed E-state index contributed by atoms with van der Waals surface area (Å²) in [4.78, 5) is 0.00471. The number of hydrogen-bond donors (Lipinski definition) is 1. The summed E-state index contributed by atoms with van der Waals surface area (Å²) in [5.41, 5.74) is -0.453. The molecule has 4 rings (SSSR count). The Morgan fingerprint density at radius 2 is 1.63 bits per heavy atom. The molecule has 0 bridgehead atoms. The van der Waals surface area contributed by atoms with Gasteiger partial charge in [0.1, 0.15) is 0 Å². The molecule has 0 spiro atoms. The molecule has 2 atom stereocenters. The van der Waals surface area contributed by atoms with E-state index in [1.54, 1.807) is 12.1 Å². The molecule has 30 heavy (non-hydrogen) atoms. The van der Waals surface area contributed by atoms with Crippen LogP contribution in [0.4, 0.5) is 13.2 Å². The Labute approximate surface area is 171 Å². The largest absolute Gasteiger partial charge is 0.420 e. The van der Waals surface area contributed by atoms with Crippen molar-refractivity contribution in [2.75, 3.05) is 0 Å². The predicted molar refractivity (Wildman–Crippen MR) is 102 cm³/mol. The maximum Gasteiger partial charge on any atom is 0.417 e. The third-order valence-electron chi connectivity index (χ3n) is 5.56. The zero-order valence-electron chi connectivity index (χ0n) is 16.0. The van der Waals surface area contributed by atoms with Gasteiger partial charge in [-0.25, -0.2) is 13.6 Å². The van der Waals surface area contributed by atoms with E-state index in [0.717, 1.165) is 11.6 Å². The van der Waals surface area contributed by atoms with Crippen LogP contribution in [0.25, 0.3) is 11.5 Å². The topological polar surface area (TPSA) is 99.1 Å². The molecule has 1 aromatic heterocycles. The molecule has 2 N–H and O–H groups in total. The fraction of sp³-hybridized carbons (Fsp3) is 0.300. The van der Waals surface area contributed by atoms with Gasteiger partial charge in [0.25, 0.3) is 0 Å². The Morgan fingerprint density at radius 3 is 2.23 bits per heavy atom. The minimum atomic E-state index is -4.54. The lowest BCUT2D eigenvalue weighted by molar-refractivity contribution is -0.137. The van der Waals surface area contributed by atoms with Crippen LogP contribution < -0.4 is 5.14 Å². The van der Waals surface area contributed by atoms with Crippen molar-refractivity contribution in [2.24, 2.45) is 10.6 Å². The summed E-state index contributed by atoms with van der Waals surface area (Å²) in [6.07, 6.45) is -4.54. The van der Waals surface area contributed by atoms with E-state index >= 15 is 0 Å². The van der Waals surface area contributed by atoms with Crippen LogP contribution in [0.1, 0.15) is 42.7 Å². The number of aromatic nitrogens is 2. The van der Waals surface area contributed by atoms with E-state index in [2.05, 4.69) is 10.2 Å². The smallest absolute Gasteiger partial charge is 0.417 e. The molecule has 2 aromatic carbocycles. The molecule has 0 radical (unpaired) electrons. The van der Waals surface area contributed by atoms with Gasteiger partial charge in [-0.3, -0.25) is 0 Å². The molecule has 0 saturated heterocycles. The number of alkyl halides is 3. The van der Waals surface area contributed by atoms with E-state index in [9.17, 15) is 21.6 Å². The maximum absolute atomic E-state index is 13.3. The first kappa shape index (κ1) is 20.5. The maximum atomic E-state index is 13.3. The number of nitrogens with zero attached hydrogens (tertiary/aromatic N) is 2. The Morgan fingerprint density at radius 1 is 1.00 bits per heavy atom. The highest BCUT2D eigenvalue weighted by molar-refractivity contribution is 7.89. The summed E-state index contributed by atoms with van der Waals surface area (Å²) in [6.45, 7) is 3.95. The van der Waals surface area contributed by atoms with Crippen molar-refractivity contribution in [3.8, 4) is 11.5 Å². The lowest BCUT2D eigenvalue weighted by Crippen LogP contribution is -2.11. The summed E-state index contributed by atoms with van der Waals surface area (Å²) in [6, 6.07) is 11.2. The molecule has 6 nitrogen and oxygen atoms in total. The van der Waals surface area contributed by atoms with Crippen LogP contribution in [-0.4, -0.2) is 18.6 Å². The molecule has 158 valence electrons. The highest BCUT2D eigenvalue weighted by Crippen LogP contribution is 2.69. The number of halogens is 3. The molecule has 0 unspecified atom stereocenters. The lowest BCUT2D eigenvalue weighted by atomic mass is 10.0. The average Bonchev–Trinajstić information content (AvgIpc) is 3.01. The number of rotatable bonds is 4. The van der Waals surface area contributed by atoms with Crippen molar-refractivity contribution >= 4 is 10.0 Å². The summed E-state index contributed by atoms with van der Waals surface area (Å²) in [5, 5.41) is 13.0. The normalized spacial score (nSPS) is 20.9. The van der Waals surface area contributed by atoms with Crippen LogP contribution in [0.5, 0.6) is 0 Å². The Hall–Kier alpha value is -2.72. The van der Waals surface area contributed by atoms with Gasteiger partial charge >= 0.3 is 6.18 Å². The highest BCUT2D eigenvalue weighted by atomic mass is 32.2. The molecule has 3 aromatic rings. The predicted octanol–water partition coefficient (Wildman–Crippen LogP) is 4.31. The molecule has 1 heterocycles. The molecular weight excluding hydrogens is 419 g/mol. The van der Waals surface area contributed by atoms with E-state index in [0.29, 0.717) is 0 Å². The van der Waals surface area contributed by atoms with Crippen molar-refractivity contribution in [1.82, 2.24) is 10.2 Å². The Kier molecular flexibility index (Phi) is 4.55. The van der Waals surface area contributed by atoms with Crippen LogP contribution in [-0.2, 0) is 16.2 Å². The van der Waals surface area contributed by atoms with Crippen molar-refractivity contribution in [3.63, 3.8) is 0 Å². The second kappa shape index (κ2) is 6.64. The van der Waals surface area contributed by atoms with Crippen molar-refractivity contribution in [3.05, 3.63) is 65.5 Å². The van der Waals surface area contributed by atoms with E-state index in [-0.39, 0.29) is 39.5 Å². The number of primary sulfonamides is 1. The van der Waals surface area contributed by atoms with Crippen LogP contribution in [0.15, 0.2) is 57.8 Å². The molecule has 0 aliphatic heterocycles. The van der Waals surface area contributed by atoms with E-state index in [4.69, 9.17) is 9.56 Å². The summed E-state index contributed by atoms with van der Waals surface area (Å²) in [5.74, 6) is -0.216. The van der Waals surface area contributed by atoms with E-state index in [1.165, 1.54) is 30.3 Å². The highest BCUT2D eigenvalue weighted by Gasteiger charge is 2.61. The van der Waals surface area contributed by atoms with Gasteiger partial charge in [-0.1, -0.05) is 38.1 Å². The summed E-state index contributed by atoms with van der Waals surface area (Å²) < 4.78 is 68.4. The average molecular weight is 437 g/mol. The van der Waals surface area contributed by atoms with Crippen molar-refractivity contribution in [2.45, 2.75) is 36.8 Å². The first-order valence-electron chi connectivity index (χ1n) is 9.03. The SMILES string of the molecule is CC1(C)[C@@H](c2ccc(S(N)(=O)=O)cc2)[C@@H]1c1nnc(-c2ccccc2C(F)(F)F)o1. The number of nitrogens with two attached hydrogens (primary N) is 1. The standard InChI is InChI=1S/C20H18F3N3O3S/c1-19(2)15(11-7-9-12(10-8-11)30(24,27)28)16(19)18-26-25-17(29-18)13-5-3-4-6-14(13)20(21,22)23/h3-10,15-16H,1-2H3,(H2,24,27,28)/t15-,16+/m0/s1. The van der Waals surface area contributed by atoms with Gasteiger partial charge in [-0.2, -0.15) is 13.2 Å². The first-order valence-corrected chi connectivity index (χ1v) is 10.6.